The van der Waals surface area contributed by atoms with Gasteiger partial charge in [-0.15, -0.1) is 0 Å². The van der Waals surface area contributed by atoms with Gasteiger partial charge in [0.2, 0.25) is 0 Å². The highest BCUT2D eigenvalue weighted by atomic mass is 79.9. The molecule has 0 bridgehead atoms. The van der Waals surface area contributed by atoms with Crippen molar-refractivity contribution in [1.29, 1.82) is 0 Å². The largest absolute Gasteiger partial charge is 0.493 e. The van der Waals surface area contributed by atoms with Crippen molar-refractivity contribution in [2.24, 2.45) is 0 Å². The van der Waals surface area contributed by atoms with Crippen LogP contribution in [-0.2, 0) is 13.0 Å². The molecule has 3 rings (SSSR count). The van der Waals surface area contributed by atoms with E-state index in [1.807, 2.05) is 0 Å². The van der Waals surface area contributed by atoms with Crippen LogP contribution in [0.4, 0.5) is 0 Å². The smallest absolute Gasteiger partial charge is 0.127 e. The second-order valence-electron chi connectivity index (χ2n) is 5.14. The van der Waals surface area contributed by atoms with Crippen molar-refractivity contribution in [1.82, 2.24) is 5.32 Å². The number of rotatable bonds is 3. The van der Waals surface area contributed by atoms with Gasteiger partial charge in [0.1, 0.15) is 5.75 Å². The molecule has 98 valence electrons. The Bertz CT molecular complexity index is 450. The fraction of sp³-hybridized carbons (Fsp3) is 0.571. The number of aliphatic hydroxyl groups excluding tert-OH is 1. The van der Waals surface area contributed by atoms with Crippen LogP contribution in [0.25, 0.3) is 0 Å². The Hall–Kier alpha value is -0.580. The first kappa shape index (κ1) is 12.5. The number of fused-ring (bicyclic) bond motifs is 1. The molecule has 1 aliphatic heterocycles. The average Bonchev–Trinajstić information content (AvgIpc) is 2.94. The molecule has 0 saturated heterocycles. The molecule has 0 spiro atoms. The molecule has 2 N–H and O–H groups in total. The molecule has 0 radical (unpaired) electrons. The van der Waals surface area contributed by atoms with Gasteiger partial charge in [-0.25, -0.2) is 0 Å². The summed E-state index contributed by atoms with van der Waals surface area (Å²) in [7, 11) is 0. The number of ether oxygens (including phenoxy) is 1. The van der Waals surface area contributed by atoms with Crippen molar-refractivity contribution in [2.45, 2.75) is 44.4 Å². The molecule has 1 fully saturated rings. The van der Waals surface area contributed by atoms with Gasteiger partial charge in [0.15, 0.2) is 0 Å². The Kier molecular flexibility index (Phi) is 3.59. The fourth-order valence-corrected chi connectivity index (χ4v) is 3.45. The number of hydrogen-bond acceptors (Lipinski definition) is 3. The van der Waals surface area contributed by atoms with Crippen LogP contribution in [0.2, 0.25) is 0 Å². The molecule has 3 nitrogen and oxygen atoms in total. The summed E-state index contributed by atoms with van der Waals surface area (Å²) in [5.41, 5.74) is 2.48. The zero-order valence-corrected chi connectivity index (χ0v) is 11.9. The second-order valence-corrected chi connectivity index (χ2v) is 6.05. The van der Waals surface area contributed by atoms with Crippen LogP contribution in [0.1, 0.15) is 30.4 Å². The predicted octanol–water partition coefficient (Wildman–Crippen LogP) is 2.39. The molecule has 0 unspecified atom stereocenters. The van der Waals surface area contributed by atoms with E-state index in [1.54, 1.807) is 0 Å². The van der Waals surface area contributed by atoms with E-state index in [9.17, 15) is 5.11 Å². The van der Waals surface area contributed by atoms with E-state index < -0.39 is 0 Å². The molecular formula is C14H18BrNO2. The van der Waals surface area contributed by atoms with E-state index in [4.69, 9.17) is 4.74 Å². The summed E-state index contributed by atoms with van der Waals surface area (Å²) in [6.07, 6.45) is 3.91. The molecule has 1 aromatic carbocycles. The lowest BCUT2D eigenvalue weighted by Gasteiger charge is -2.17. The van der Waals surface area contributed by atoms with Crippen LogP contribution >= 0.6 is 15.9 Å². The zero-order valence-electron chi connectivity index (χ0n) is 10.3. The highest BCUT2D eigenvalue weighted by molar-refractivity contribution is 9.10. The van der Waals surface area contributed by atoms with Gasteiger partial charge >= 0.3 is 0 Å². The fourth-order valence-electron chi connectivity index (χ4n) is 2.90. The SMILES string of the molecule is O[C@H]1CCC[C@H]1NCc1cc(Br)cc2c1OCC2. The molecule has 18 heavy (non-hydrogen) atoms. The summed E-state index contributed by atoms with van der Waals surface area (Å²) in [5.74, 6) is 1.04. The maximum absolute atomic E-state index is 9.81. The lowest BCUT2D eigenvalue weighted by Crippen LogP contribution is -2.35. The summed E-state index contributed by atoms with van der Waals surface area (Å²) in [6.45, 7) is 1.55. The molecule has 1 saturated carbocycles. The first-order chi connectivity index (χ1) is 8.74. The Morgan fingerprint density at radius 1 is 1.39 bits per heavy atom. The Balaban J connectivity index is 1.73. The quantitative estimate of drug-likeness (QED) is 0.900. The molecule has 4 heteroatoms. The predicted molar refractivity (Wildman–Crippen MR) is 73.8 cm³/mol. The molecule has 1 aliphatic carbocycles. The van der Waals surface area contributed by atoms with Crippen molar-refractivity contribution in [3.8, 4) is 5.75 Å². The van der Waals surface area contributed by atoms with Gasteiger partial charge in [0.25, 0.3) is 0 Å². The van der Waals surface area contributed by atoms with Crippen molar-refractivity contribution in [3.63, 3.8) is 0 Å². The number of aliphatic hydroxyl groups is 1. The molecule has 2 atom stereocenters. The highest BCUT2D eigenvalue weighted by Crippen LogP contribution is 2.33. The van der Waals surface area contributed by atoms with Crippen LogP contribution in [0, 0.1) is 0 Å². The summed E-state index contributed by atoms with van der Waals surface area (Å²) in [6, 6.07) is 4.48. The first-order valence-corrected chi connectivity index (χ1v) is 7.39. The minimum absolute atomic E-state index is 0.189. The second kappa shape index (κ2) is 5.19. The number of benzene rings is 1. The van der Waals surface area contributed by atoms with Crippen molar-refractivity contribution >= 4 is 15.9 Å². The third kappa shape index (κ3) is 2.42. The van der Waals surface area contributed by atoms with Crippen molar-refractivity contribution in [2.75, 3.05) is 6.61 Å². The van der Waals surface area contributed by atoms with Gasteiger partial charge in [-0.1, -0.05) is 15.9 Å². The zero-order chi connectivity index (χ0) is 12.5. The minimum atomic E-state index is -0.189. The summed E-state index contributed by atoms with van der Waals surface area (Å²) < 4.78 is 6.81. The van der Waals surface area contributed by atoms with Crippen LogP contribution in [0.5, 0.6) is 5.75 Å². The van der Waals surface area contributed by atoms with E-state index in [0.717, 1.165) is 49.1 Å². The third-order valence-corrected chi connectivity index (χ3v) is 4.32. The van der Waals surface area contributed by atoms with Gasteiger partial charge in [-0.05, 0) is 37.0 Å². The lowest BCUT2D eigenvalue weighted by molar-refractivity contribution is 0.148. The Morgan fingerprint density at radius 2 is 2.28 bits per heavy atom. The van der Waals surface area contributed by atoms with E-state index in [-0.39, 0.29) is 12.1 Å². The average molecular weight is 312 g/mol. The summed E-state index contributed by atoms with van der Waals surface area (Å²) in [5, 5.41) is 13.3. The Labute approximate surface area is 116 Å². The van der Waals surface area contributed by atoms with E-state index in [0.29, 0.717) is 0 Å². The van der Waals surface area contributed by atoms with Gasteiger partial charge < -0.3 is 15.2 Å². The lowest BCUT2D eigenvalue weighted by atomic mass is 10.1. The summed E-state index contributed by atoms with van der Waals surface area (Å²) in [4.78, 5) is 0. The normalized spacial score (nSPS) is 26.1. The molecule has 2 aliphatic rings. The van der Waals surface area contributed by atoms with E-state index in [2.05, 4.69) is 33.4 Å². The summed E-state index contributed by atoms with van der Waals surface area (Å²) >= 11 is 3.55. The van der Waals surface area contributed by atoms with Gasteiger partial charge in [-0.3, -0.25) is 0 Å². The molecule has 0 amide bonds. The van der Waals surface area contributed by atoms with Gasteiger partial charge in [0.05, 0.1) is 12.7 Å². The first-order valence-electron chi connectivity index (χ1n) is 6.59. The van der Waals surface area contributed by atoms with Gasteiger partial charge in [0, 0.05) is 29.0 Å². The topological polar surface area (TPSA) is 41.5 Å². The molecule has 0 aromatic heterocycles. The third-order valence-electron chi connectivity index (χ3n) is 3.86. The molecule has 1 aromatic rings. The highest BCUT2D eigenvalue weighted by Gasteiger charge is 2.25. The number of nitrogens with one attached hydrogen (secondary N) is 1. The number of hydrogen-bond donors (Lipinski definition) is 2. The van der Waals surface area contributed by atoms with Crippen LogP contribution in [0.15, 0.2) is 16.6 Å². The standard InChI is InChI=1S/C14H18BrNO2/c15-11-6-9-4-5-18-14(9)10(7-11)8-16-12-2-1-3-13(12)17/h6-7,12-13,16-17H,1-5,8H2/t12-,13+/m1/s1. The molecular weight excluding hydrogens is 294 g/mol. The van der Waals surface area contributed by atoms with Crippen molar-refractivity contribution < 1.29 is 9.84 Å². The van der Waals surface area contributed by atoms with Crippen molar-refractivity contribution in [3.05, 3.63) is 27.7 Å². The molecule has 1 heterocycles. The van der Waals surface area contributed by atoms with E-state index in [1.165, 1.54) is 11.1 Å². The maximum atomic E-state index is 9.81. The van der Waals surface area contributed by atoms with Gasteiger partial charge in [-0.2, -0.15) is 0 Å². The number of halogens is 1. The van der Waals surface area contributed by atoms with Crippen LogP contribution in [-0.4, -0.2) is 23.9 Å². The minimum Gasteiger partial charge on any atom is -0.493 e. The van der Waals surface area contributed by atoms with E-state index >= 15 is 0 Å². The monoisotopic (exact) mass is 311 g/mol. The van der Waals surface area contributed by atoms with Crippen LogP contribution in [0.3, 0.4) is 0 Å². The Morgan fingerprint density at radius 3 is 3.06 bits per heavy atom. The maximum Gasteiger partial charge on any atom is 0.127 e. The van der Waals surface area contributed by atoms with Crippen LogP contribution < -0.4 is 10.1 Å².